The van der Waals surface area contributed by atoms with Gasteiger partial charge in [0.1, 0.15) is 0 Å². The Bertz CT molecular complexity index is 133. The first-order valence-electron chi connectivity index (χ1n) is 4.04. The minimum Gasteiger partial charge on any atom is -0.337 e. The molecule has 0 aromatic rings. The molecule has 0 N–H and O–H groups in total. The van der Waals surface area contributed by atoms with Gasteiger partial charge in [-0.15, -0.1) is 0 Å². The van der Waals surface area contributed by atoms with Crippen LogP contribution >= 0.6 is 0 Å². The number of rotatable bonds is 5. The summed E-state index contributed by atoms with van der Waals surface area (Å²) in [5.74, 6) is 0. The lowest BCUT2D eigenvalue weighted by atomic mass is 10.0. The normalized spacial score (nSPS) is 13.5. The van der Waals surface area contributed by atoms with Gasteiger partial charge in [-0.3, -0.25) is 0 Å². The molecule has 1 nitrogen and oxygen atoms in total. The first kappa shape index (κ1) is 12.0. The molecule has 0 radical (unpaired) electrons. The standard InChI is InChI=1S/C7H15F3OSi/c1-4-5-6-7(2,3)11-12(8,9)10/h4-6H2,1-3H3. The van der Waals surface area contributed by atoms with Crippen molar-refractivity contribution >= 4 is 9.32 Å². The highest BCUT2D eigenvalue weighted by molar-refractivity contribution is 6.51. The second-order valence-corrected chi connectivity index (χ2v) is 4.51. The van der Waals surface area contributed by atoms with Crippen LogP contribution in [-0.4, -0.2) is 14.9 Å². The van der Waals surface area contributed by atoms with Crippen LogP contribution in [0.15, 0.2) is 0 Å². The summed E-state index contributed by atoms with van der Waals surface area (Å²) in [5.41, 5.74) is -1.03. The molecule has 0 unspecified atom stereocenters. The zero-order valence-corrected chi connectivity index (χ0v) is 8.66. The minimum absolute atomic E-state index is 0.468. The van der Waals surface area contributed by atoms with Crippen molar-refractivity contribution in [3.63, 3.8) is 0 Å². The predicted octanol–water partition coefficient (Wildman–Crippen LogP) is 3.32. The summed E-state index contributed by atoms with van der Waals surface area (Å²) in [5, 5.41) is 0. The molecule has 0 aromatic heterocycles. The average molecular weight is 200 g/mol. The van der Waals surface area contributed by atoms with Gasteiger partial charge in [0.05, 0.1) is 5.60 Å². The minimum atomic E-state index is -5.84. The quantitative estimate of drug-likeness (QED) is 0.488. The Hall–Kier alpha value is -0.0331. The average Bonchev–Trinajstić information content (AvgIpc) is 1.78. The lowest BCUT2D eigenvalue weighted by Crippen LogP contribution is -2.36. The third-order valence-corrected chi connectivity index (χ3v) is 2.31. The smallest absolute Gasteiger partial charge is 0.337 e. The fourth-order valence-electron chi connectivity index (χ4n) is 0.967. The van der Waals surface area contributed by atoms with Crippen molar-refractivity contribution in [1.29, 1.82) is 0 Å². The first-order valence-corrected chi connectivity index (χ1v) is 5.58. The SMILES string of the molecule is CCCCC(C)(C)O[Si](F)(F)F. The van der Waals surface area contributed by atoms with Crippen LogP contribution in [-0.2, 0) is 4.43 Å². The Balaban J connectivity index is 3.86. The molecule has 0 saturated carbocycles. The lowest BCUT2D eigenvalue weighted by Gasteiger charge is -2.25. The summed E-state index contributed by atoms with van der Waals surface area (Å²) in [6.45, 7) is 4.92. The Morgan fingerprint density at radius 3 is 2.08 bits per heavy atom. The van der Waals surface area contributed by atoms with Gasteiger partial charge >= 0.3 is 9.32 Å². The maximum absolute atomic E-state index is 11.9. The highest BCUT2D eigenvalue weighted by Crippen LogP contribution is 2.25. The van der Waals surface area contributed by atoms with Crippen molar-refractivity contribution in [2.45, 2.75) is 45.6 Å². The van der Waals surface area contributed by atoms with Gasteiger partial charge in [-0.05, 0) is 20.3 Å². The second-order valence-electron chi connectivity index (χ2n) is 3.41. The van der Waals surface area contributed by atoms with E-state index < -0.39 is 14.9 Å². The van der Waals surface area contributed by atoms with Crippen molar-refractivity contribution in [2.75, 3.05) is 0 Å². The van der Waals surface area contributed by atoms with E-state index in [9.17, 15) is 12.3 Å². The van der Waals surface area contributed by atoms with Gasteiger partial charge in [0.25, 0.3) is 0 Å². The summed E-state index contributed by atoms with van der Waals surface area (Å²) in [7, 11) is -5.84. The number of hydrogen-bond acceptors (Lipinski definition) is 1. The van der Waals surface area contributed by atoms with Crippen molar-refractivity contribution in [1.82, 2.24) is 0 Å². The molecule has 0 aliphatic heterocycles. The van der Waals surface area contributed by atoms with E-state index in [1.54, 1.807) is 0 Å². The van der Waals surface area contributed by atoms with Crippen LogP contribution in [0.4, 0.5) is 12.3 Å². The molecule has 0 rings (SSSR count). The van der Waals surface area contributed by atoms with Crippen LogP contribution in [0.2, 0.25) is 0 Å². The van der Waals surface area contributed by atoms with E-state index >= 15 is 0 Å². The van der Waals surface area contributed by atoms with Crippen LogP contribution in [0.1, 0.15) is 40.0 Å². The largest absolute Gasteiger partial charge is 0.802 e. The van der Waals surface area contributed by atoms with Crippen molar-refractivity contribution in [2.24, 2.45) is 0 Å². The molecule has 5 heteroatoms. The monoisotopic (exact) mass is 200 g/mol. The van der Waals surface area contributed by atoms with Crippen LogP contribution in [0.5, 0.6) is 0 Å². The molecular formula is C7H15F3OSi. The molecular weight excluding hydrogens is 185 g/mol. The van der Waals surface area contributed by atoms with Crippen LogP contribution < -0.4 is 0 Å². The van der Waals surface area contributed by atoms with Crippen molar-refractivity contribution in [3.05, 3.63) is 0 Å². The molecule has 74 valence electrons. The molecule has 0 aliphatic carbocycles. The zero-order chi connectivity index (χ0) is 9.83. The molecule has 12 heavy (non-hydrogen) atoms. The lowest BCUT2D eigenvalue weighted by molar-refractivity contribution is 0.0290. The van der Waals surface area contributed by atoms with Gasteiger partial charge in [-0.1, -0.05) is 19.8 Å². The Labute approximate surface area is 72.6 Å². The number of unbranched alkanes of at least 4 members (excludes halogenated alkanes) is 1. The van der Waals surface area contributed by atoms with E-state index in [1.165, 1.54) is 13.8 Å². The van der Waals surface area contributed by atoms with Gasteiger partial charge in [0.2, 0.25) is 0 Å². The first-order chi connectivity index (χ1) is 5.27. The number of hydrogen-bond donors (Lipinski definition) is 0. The molecule has 0 bridgehead atoms. The molecule has 0 aromatic carbocycles. The van der Waals surface area contributed by atoms with E-state index in [1.807, 2.05) is 6.92 Å². The maximum atomic E-state index is 11.9. The number of halogens is 3. The molecule has 0 saturated heterocycles. The Morgan fingerprint density at radius 1 is 1.25 bits per heavy atom. The summed E-state index contributed by atoms with van der Waals surface area (Å²) < 4.78 is 39.8. The van der Waals surface area contributed by atoms with Gasteiger partial charge in [0.15, 0.2) is 0 Å². The van der Waals surface area contributed by atoms with E-state index in [4.69, 9.17) is 0 Å². The molecule has 0 heterocycles. The third-order valence-electron chi connectivity index (χ3n) is 1.52. The Kier molecular flexibility index (Phi) is 4.26. The summed E-state index contributed by atoms with van der Waals surface area (Å²) >= 11 is 0. The maximum Gasteiger partial charge on any atom is 0.802 e. The van der Waals surface area contributed by atoms with Gasteiger partial charge in [0, 0.05) is 0 Å². The fraction of sp³-hybridized carbons (Fsp3) is 1.00. The predicted molar refractivity (Wildman–Crippen MR) is 43.8 cm³/mol. The van der Waals surface area contributed by atoms with Gasteiger partial charge < -0.3 is 4.43 Å². The van der Waals surface area contributed by atoms with E-state index in [0.29, 0.717) is 6.42 Å². The van der Waals surface area contributed by atoms with Gasteiger partial charge in [-0.2, -0.15) is 0 Å². The van der Waals surface area contributed by atoms with E-state index in [2.05, 4.69) is 4.43 Å². The summed E-state index contributed by atoms with van der Waals surface area (Å²) in [6, 6.07) is 0. The highest BCUT2D eigenvalue weighted by atomic mass is 28.5. The molecule has 0 amide bonds. The highest BCUT2D eigenvalue weighted by Gasteiger charge is 2.46. The zero-order valence-electron chi connectivity index (χ0n) is 7.66. The second kappa shape index (κ2) is 4.27. The third kappa shape index (κ3) is 6.66. The molecule has 0 aliphatic rings. The Morgan fingerprint density at radius 2 is 1.75 bits per heavy atom. The topological polar surface area (TPSA) is 9.23 Å². The fourth-order valence-corrected chi connectivity index (χ4v) is 1.70. The molecule has 0 atom stereocenters. The van der Waals surface area contributed by atoms with E-state index in [-0.39, 0.29) is 0 Å². The van der Waals surface area contributed by atoms with Crippen LogP contribution in [0.25, 0.3) is 0 Å². The van der Waals surface area contributed by atoms with Gasteiger partial charge in [-0.25, -0.2) is 12.3 Å². The van der Waals surface area contributed by atoms with Crippen molar-refractivity contribution < 1.29 is 16.7 Å². The van der Waals surface area contributed by atoms with Crippen molar-refractivity contribution in [3.8, 4) is 0 Å². The molecule has 0 fully saturated rings. The summed E-state index contributed by atoms with van der Waals surface area (Å²) in [6.07, 6.45) is 2.14. The van der Waals surface area contributed by atoms with Crippen LogP contribution in [0, 0.1) is 0 Å². The van der Waals surface area contributed by atoms with Crippen LogP contribution in [0.3, 0.4) is 0 Å². The summed E-state index contributed by atoms with van der Waals surface area (Å²) in [4.78, 5) is 0. The molecule has 0 spiro atoms. The van der Waals surface area contributed by atoms with E-state index in [0.717, 1.165) is 12.8 Å².